The van der Waals surface area contributed by atoms with Crippen LogP contribution in [0.25, 0.3) is 10.8 Å². The summed E-state index contributed by atoms with van der Waals surface area (Å²) in [5.41, 5.74) is 4.50. The summed E-state index contributed by atoms with van der Waals surface area (Å²) in [6.45, 7) is 4.85. The van der Waals surface area contributed by atoms with Gasteiger partial charge in [0, 0.05) is 6.54 Å². The third-order valence-electron chi connectivity index (χ3n) is 3.46. The van der Waals surface area contributed by atoms with Crippen molar-refractivity contribution in [3.8, 4) is 0 Å². The zero-order valence-corrected chi connectivity index (χ0v) is 11.2. The molecule has 0 aliphatic rings. The molecule has 0 fully saturated rings. The molecular formula is C16H17N3. The number of H-pyrrole nitrogens is 1. The lowest BCUT2D eigenvalue weighted by atomic mass is 10.0. The van der Waals surface area contributed by atoms with Gasteiger partial charge in [0.15, 0.2) is 0 Å². The number of hydrogen-bond acceptors (Lipinski definition) is 2. The first kappa shape index (κ1) is 11.8. The number of aryl methyl sites for hydroxylation is 2. The van der Waals surface area contributed by atoms with Crippen LogP contribution in [0.3, 0.4) is 0 Å². The second kappa shape index (κ2) is 4.76. The van der Waals surface area contributed by atoms with E-state index in [4.69, 9.17) is 0 Å². The summed E-state index contributed by atoms with van der Waals surface area (Å²) < 4.78 is 0. The van der Waals surface area contributed by atoms with E-state index in [0.717, 1.165) is 23.6 Å². The lowest BCUT2D eigenvalue weighted by molar-refractivity contribution is 1.02. The number of hydrogen-bond donors (Lipinski definition) is 2. The van der Waals surface area contributed by atoms with Gasteiger partial charge < -0.3 is 5.32 Å². The monoisotopic (exact) mass is 251 g/mol. The maximum absolute atomic E-state index is 4.20. The first-order valence-corrected chi connectivity index (χ1v) is 6.48. The molecule has 2 N–H and O–H groups in total. The Morgan fingerprint density at radius 1 is 1.05 bits per heavy atom. The number of aromatic nitrogens is 2. The Balaban J connectivity index is 1.90. The molecule has 2 aromatic carbocycles. The average molecular weight is 251 g/mol. The molecule has 19 heavy (non-hydrogen) atoms. The standard InChI is InChI=1S/C16H17N3/c1-11-16(12(2)19-18-11)17-10-14-8-5-7-13-6-3-4-9-15(13)14/h3-9,17H,10H2,1-2H3,(H,18,19). The molecule has 0 spiro atoms. The van der Waals surface area contributed by atoms with Gasteiger partial charge in [-0.1, -0.05) is 42.5 Å². The van der Waals surface area contributed by atoms with E-state index in [1.165, 1.54) is 16.3 Å². The van der Waals surface area contributed by atoms with Gasteiger partial charge in [-0.15, -0.1) is 0 Å². The van der Waals surface area contributed by atoms with Crippen LogP contribution in [0.2, 0.25) is 0 Å². The topological polar surface area (TPSA) is 40.7 Å². The van der Waals surface area contributed by atoms with E-state index < -0.39 is 0 Å². The highest BCUT2D eigenvalue weighted by Crippen LogP contribution is 2.21. The van der Waals surface area contributed by atoms with Gasteiger partial charge in [0.25, 0.3) is 0 Å². The number of nitrogens with zero attached hydrogens (tertiary/aromatic N) is 1. The third-order valence-corrected chi connectivity index (χ3v) is 3.46. The zero-order chi connectivity index (χ0) is 13.2. The van der Waals surface area contributed by atoms with Crippen molar-refractivity contribution in [3.05, 3.63) is 59.4 Å². The maximum atomic E-state index is 4.20. The summed E-state index contributed by atoms with van der Waals surface area (Å²) in [4.78, 5) is 0. The van der Waals surface area contributed by atoms with Gasteiger partial charge in [-0.25, -0.2) is 0 Å². The minimum Gasteiger partial charge on any atom is -0.378 e. The first-order valence-electron chi connectivity index (χ1n) is 6.48. The molecule has 0 aliphatic carbocycles. The Labute approximate surface area is 112 Å². The number of benzene rings is 2. The highest BCUT2D eigenvalue weighted by molar-refractivity contribution is 5.85. The van der Waals surface area contributed by atoms with Crippen LogP contribution in [0, 0.1) is 13.8 Å². The second-order valence-corrected chi connectivity index (χ2v) is 4.80. The molecule has 3 aromatic rings. The molecule has 0 atom stereocenters. The van der Waals surface area contributed by atoms with Crippen LogP contribution >= 0.6 is 0 Å². The Kier molecular flexibility index (Phi) is 2.95. The van der Waals surface area contributed by atoms with Crippen molar-refractivity contribution in [2.45, 2.75) is 20.4 Å². The lowest BCUT2D eigenvalue weighted by Crippen LogP contribution is -2.01. The van der Waals surface area contributed by atoms with Gasteiger partial charge in [-0.2, -0.15) is 5.10 Å². The summed E-state index contributed by atoms with van der Waals surface area (Å²) in [6, 6.07) is 14.9. The van der Waals surface area contributed by atoms with E-state index >= 15 is 0 Å². The van der Waals surface area contributed by atoms with Crippen molar-refractivity contribution < 1.29 is 0 Å². The van der Waals surface area contributed by atoms with Crippen molar-refractivity contribution in [2.24, 2.45) is 0 Å². The lowest BCUT2D eigenvalue weighted by Gasteiger charge is -2.09. The van der Waals surface area contributed by atoms with Crippen LogP contribution in [-0.4, -0.2) is 10.2 Å². The molecule has 3 rings (SSSR count). The fourth-order valence-electron chi connectivity index (χ4n) is 2.44. The van der Waals surface area contributed by atoms with E-state index in [1.54, 1.807) is 0 Å². The van der Waals surface area contributed by atoms with Crippen LogP contribution in [0.4, 0.5) is 5.69 Å². The third kappa shape index (κ3) is 2.19. The Morgan fingerprint density at radius 2 is 1.84 bits per heavy atom. The summed E-state index contributed by atoms with van der Waals surface area (Å²) in [5, 5.41) is 13.3. The summed E-state index contributed by atoms with van der Waals surface area (Å²) in [6.07, 6.45) is 0. The molecule has 0 radical (unpaired) electrons. The van der Waals surface area contributed by atoms with E-state index in [9.17, 15) is 0 Å². The molecule has 0 amide bonds. The minimum absolute atomic E-state index is 0.808. The quantitative estimate of drug-likeness (QED) is 0.743. The molecule has 1 aromatic heterocycles. The van der Waals surface area contributed by atoms with Gasteiger partial charge in [0.1, 0.15) is 0 Å². The van der Waals surface area contributed by atoms with E-state index in [1.807, 2.05) is 13.8 Å². The van der Waals surface area contributed by atoms with Crippen LogP contribution < -0.4 is 5.32 Å². The predicted molar refractivity (Wildman–Crippen MR) is 79.3 cm³/mol. The van der Waals surface area contributed by atoms with Crippen molar-refractivity contribution in [1.29, 1.82) is 0 Å². The smallest absolute Gasteiger partial charge is 0.0825 e. The number of anilines is 1. The average Bonchev–Trinajstić information content (AvgIpc) is 2.76. The highest BCUT2D eigenvalue weighted by atomic mass is 15.1. The Morgan fingerprint density at radius 3 is 2.63 bits per heavy atom. The summed E-state index contributed by atoms with van der Waals surface area (Å²) in [5.74, 6) is 0. The zero-order valence-electron chi connectivity index (χ0n) is 11.2. The van der Waals surface area contributed by atoms with E-state index in [2.05, 4.69) is 58.0 Å². The molecule has 0 saturated carbocycles. The number of rotatable bonds is 3. The first-order chi connectivity index (χ1) is 9.25. The molecule has 0 saturated heterocycles. The van der Waals surface area contributed by atoms with Gasteiger partial charge in [-0.05, 0) is 30.2 Å². The summed E-state index contributed by atoms with van der Waals surface area (Å²) in [7, 11) is 0. The molecule has 3 heteroatoms. The van der Waals surface area contributed by atoms with Gasteiger partial charge >= 0.3 is 0 Å². The number of aromatic amines is 1. The van der Waals surface area contributed by atoms with Crippen molar-refractivity contribution in [1.82, 2.24) is 10.2 Å². The van der Waals surface area contributed by atoms with Gasteiger partial charge in [0.05, 0.1) is 17.1 Å². The molecule has 0 aliphatic heterocycles. The molecule has 0 bridgehead atoms. The van der Waals surface area contributed by atoms with Crippen molar-refractivity contribution in [2.75, 3.05) is 5.32 Å². The summed E-state index contributed by atoms with van der Waals surface area (Å²) >= 11 is 0. The van der Waals surface area contributed by atoms with Crippen LogP contribution in [0.15, 0.2) is 42.5 Å². The number of nitrogens with one attached hydrogen (secondary N) is 2. The maximum Gasteiger partial charge on any atom is 0.0825 e. The Bertz CT molecular complexity index is 688. The molecule has 96 valence electrons. The van der Waals surface area contributed by atoms with Crippen LogP contribution in [0.1, 0.15) is 17.0 Å². The second-order valence-electron chi connectivity index (χ2n) is 4.80. The fraction of sp³-hybridized carbons (Fsp3) is 0.188. The molecule has 0 unspecified atom stereocenters. The largest absolute Gasteiger partial charge is 0.378 e. The molecule has 1 heterocycles. The van der Waals surface area contributed by atoms with Crippen LogP contribution in [0.5, 0.6) is 0 Å². The van der Waals surface area contributed by atoms with Gasteiger partial charge in [0.2, 0.25) is 0 Å². The van der Waals surface area contributed by atoms with Crippen LogP contribution in [-0.2, 0) is 6.54 Å². The normalized spacial score (nSPS) is 10.8. The Hall–Kier alpha value is -2.29. The van der Waals surface area contributed by atoms with E-state index in [-0.39, 0.29) is 0 Å². The van der Waals surface area contributed by atoms with Crippen molar-refractivity contribution in [3.63, 3.8) is 0 Å². The van der Waals surface area contributed by atoms with E-state index in [0.29, 0.717) is 0 Å². The fourth-order valence-corrected chi connectivity index (χ4v) is 2.44. The number of fused-ring (bicyclic) bond motifs is 1. The van der Waals surface area contributed by atoms with Crippen molar-refractivity contribution >= 4 is 16.5 Å². The SMILES string of the molecule is Cc1n[nH]c(C)c1NCc1cccc2ccccc12. The molecule has 3 nitrogen and oxygen atoms in total. The predicted octanol–water partition coefficient (Wildman–Crippen LogP) is 3.79. The minimum atomic E-state index is 0.808. The van der Waals surface area contributed by atoms with Gasteiger partial charge in [-0.3, -0.25) is 5.10 Å². The molecular weight excluding hydrogens is 234 g/mol. The highest BCUT2D eigenvalue weighted by Gasteiger charge is 2.06.